The van der Waals surface area contributed by atoms with Crippen molar-refractivity contribution >= 4 is 37.4 Å². The number of hydrogen-bond donors (Lipinski definition) is 1. The van der Waals surface area contributed by atoms with E-state index in [1.807, 2.05) is 17.5 Å². The van der Waals surface area contributed by atoms with E-state index in [1.54, 1.807) is 17.4 Å². The average molecular weight is 229 g/mol. The molecular weight excluding hydrogens is 224 g/mol. The van der Waals surface area contributed by atoms with Crippen LogP contribution >= 0.6 is 27.3 Å². The van der Waals surface area contributed by atoms with Gasteiger partial charge in [0.25, 0.3) is 0 Å². The zero-order chi connectivity index (χ0) is 7.84. The molecule has 0 amide bonds. The van der Waals surface area contributed by atoms with Crippen molar-refractivity contribution in [2.75, 3.05) is 0 Å². The molecule has 0 unspecified atom stereocenters. The minimum absolute atomic E-state index is 0.302. The van der Waals surface area contributed by atoms with Gasteiger partial charge in [0.15, 0.2) is 0 Å². The Kier molecular flexibility index (Phi) is 1.62. The largest absolute Gasteiger partial charge is 0.507 e. The summed E-state index contributed by atoms with van der Waals surface area (Å²) in [4.78, 5) is 0. The van der Waals surface area contributed by atoms with E-state index in [0.29, 0.717) is 5.75 Å². The first-order valence-corrected chi connectivity index (χ1v) is 4.81. The average Bonchev–Trinajstić information content (AvgIpc) is 2.45. The highest BCUT2D eigenvalue weighted by Crippen LogP contribution is 2.34. The molecule has 1 heterocycles. The van der Waals surface area contributed by atoms with Crippen LogP contribution in [0.3, 0.4) is 0 Å². The van der Waals surface area contributed by atoms with Gasteiger partial charge in [0.05, 0.1) is 4.47 Å². The maximum Gasteiger partial charge on any atom is 0.130 e. The summed E-state index contributed by atoms with van der Waals surface area (Å²) in [7, 11) is 0. The summed E-state index contributed by atoms with van der Waals surface area (Å²) in [5.41, 5.74) is 0. The van der Waals surface area contributed by atoms with E-state index in [0.717, 1.165) is 9.86 Å². The van der Waals surface area contributed by atoms with Crippen LogP contribution in [0.1, 0.15) is 0 Å². The van der Waals surface area contributed by atoms with Crippen molar-refractivity contribution in [3.8, 4) is 5.75 Å². The van der Waals surface area contributed by atoms with Gasteiger partial charge in [-0.15, -0.1) is 11.3 Å². The Morgan fingerprint density at radius 1 is 1.27 bits per heavy atom. The van der Waals surface area contributed by atoms with Crippen LogP contribution in [0.15, 0.2) is 28.1 Å². The summed E-state index contributed by atoms with van der Waals surface area (Å²) in [6.45, 7) is 0. The first kappa shape index (κ1) is 7.13. The summed E-state index contributed by atoms with van der Waals surface area (Å²) < 4.78 is 1.98. The molecule has 1 aromatic carbocycles. The Morgan fingerprint density at radius 3 is 2.91 bits per heavy atom. The van der Waals surface area contributed by atoms with Crippen molar-refractivity contribution in [2.45, 2.75) is 0 Å². The topological polar surface area (TPSA) is 20.2 Å². The van der Waals surface area contributed by atoms with E-state index < -0.39 is 0 Å². The molecule has 2 rings (SSSR count). The lowest BCUT2D eigenvalue weighted by atomic mass is 10.2. The second-order valence-corrected chi connectivity index (χ2v) is 3.97. The van der Waals surface area contributed by atoms with Gasteiger partial charge in [0.1, 0.15) is 5.75 Å². The molecule has 0 aliphatic rings. The molecule has 0 fully saturated rings. The molecule has 3 heteroatoms. The molecule has 0 bridgehead atoms. The van der Waals surface area contributed by atoms with Gasteiger partial charge >= 0.3 is 0 Å². The standard InChI is InChI=1S/C8H5BrOS/c9-8-5-3-4-11-7(5)2-1-6(8)10/h1-4,10H. The van der Waals surface area contributed by atoms with Gasteiger partial charge in [0.2, 0.25) is 0 Å². The fourth-order valence-corrected chi connectivity index (χ4v) is 2.40. The van der Waals surface area contributed by atoms with E-state index >= 15 is 0 Å². The summed E-state index contributed by atoms with van der Waals surface area (Å²) in [6, 6.07) is 5.60. The third kappa shape index (κ3) is 1.04. The molecule has 11 heavy (non-hydrogen) atoms. The molecule has 0 spiro atoms. The maximum atomic E-state index is 9.29. The highest BCUT2D eigenvalue weighted by molar-refractivity contribution is 9.10. The van der Waals surface area contributed by atoms with Crippen molar-refractivity contribution < 1.29 is 5.11 Å². The van der Waals surface area contributed by atoms with Crippen molar-refractivity contribution in [2.24, 2.45) is 0 Å². The minimum atomic E-state index is 0.302. The first-order valence-electron chi connectivity index (χ1n) is 3.14. The first-order chi connectivity index (χ1) is 5.29. The number of fused-ring (bicyclic) bond motifs is 1. The van der Waals surface area contributed by atoms with Gasteiger partial charge in [-0.1, -0.05) is 0 Å². The van der Waals surface area contributed by atoms with Crippen LogP contribution in [0.5, 0.6) is 5.75 Å². The van der Waals surface area contributed by atoms with Crippen LogP contribution in [0, 0.1) is 0 Å². The number of phenolic OH excluding ortho intramolecular Hbond substituents is 1. The summed E-state index contributed by atoms with van der Waals surface area (Å²) in [6.07, 6.45) is 0. The molecular formula is C8H5BrOS. The lowest BCUT2D eigenvalue weighted by Crippen LogP contribution is -1.68. The van der Waals surface area contributed by atoms with E-state index in [2.05, 4.69) is 15.9 Å². The predicted octanol–water partition coefficient (Wildman–Crippen LogP) is 3.37. The highest BCUT2D eigenvalue weighted by Gasteiger charge is 2.03. The Hall–Kier alpha value is -0.540. The summed E-state index contributed by atoms with van der Waals surface area (Å²) in [5.74, 6) is 0.302. The summed E-state index contributed by atoms with van der Waals surface area (Å²) >= 11 is 4.99. The van der Waals surface area contributed by atoms with Crippen molar-refractivity contribution in [3.05, 3.63) is 28.1 Å². The lowest BCUT2D eigenvalue weighted by molar-refractivity contribution is 0.473. The molecule has 1 nitrogen and oxygen atoms in total. The second kappa shape index (κ2) is 2.50. The van der Waals surface area contributed by atoms with E-state index in [9.17, 15) is 5.11 Å². The zero-order valence-corrected chi connectivity index (χ0v) is 7.95. The van der Waals surface area contributed by atoms with Crippen molar-refractivity contribution in [1.82, 2.24) is 0 Å². The van der Waals surface area contributed by atoms with E-state index in [1.165, 1.54) is 4.70 Å². The lowest BCUT2D eigenvalue weighted by Gasteiger charge is -1.96. The molecule has 0 atom stereocenters. The minimum Gasteiger partial charge on any atom is -0.507 e. The predicted molar refractivity (Wildman–Crippen MR) is 51.2 cm³/mol. The third-order valence-corrected chi connectivity index (χ3v) is 3.26. The van der Waals surface area contributed by atoms with Crippen LogP contribution in [0.4, 0.5) is 0 Å². The maximum absolute atomic E-state index is 9.29. The molecule has 0 saturated carbocycles. The van der Waals surface area contributed by atoms with Crippen molar-refractivity contribution in [3.63, 3.8) is 0 Å². The molecule has 1 N–H and O–H groups in total. The monoisotopic (exact) mass is 228 g/mol. The van der Waals surface area contributed by atoms with Crippen LogP contribution in [0.2, 0.25) is 0 Å². The fourth-order valence-electron chi connectivity index (χ4n) is 0.997. The molecule has 0 aliphatic carbocycles. The summed E-state index contributed by atoms with van der Waals surface area (Å²) in [5, 5.41) is 12.4. The molecule has 0 radical (unpaired) electrons. The molecule has 2 aromatic rings. The second-order valence-electron chi connectivity index (χ2n) is 2.23. The van der Waals surface area contributed by atoms with E-state index in [-0.39, 0.29) is 0 Å². The van der Waals surface area contributed by atoms with Gasteiger partial charge in [-0.3, -0.25) is 0 Å². The van der Waals surface area contributed by atoms with Crippen LogP contribution in [0.25, 0.3) is 10.1 Å². The molecule has 1 aromatic heterocycles. The highest BCUT2D eigenvalue weighted by atomic mass is 79.9. The Morgan fingerprint density at radius 2 is 2.09 bits per heavy atom. The quantitative estimate of drug-likeness (QED) is 0.734. The molecule has 0 aliphatic heterocycles. The van der Waals surface area contributed by atoms with Gasteiger partial charge in [-0.05, 0) is 39.5 Å². The third-order valence-electron chi connectivity index (χ3n) is 1.55. The number of aromatic hydroxyl groups is 1. The Bertz CT molecular complexity index is 394. The van der Waals surface area contributed by atoms with Gasteiger partial charge in [-0.2, -0.15) is 0 Å². The zero-order valence-electron chi connectivity index (χ0n) is 5.54. The van der Waals surface area contributed by atoms with Gasteiger partial charge in [-0.25, -0.2) is 0 Å². The smallest absolute Gasteiger partial charge is 0.130 e. The molecule has 0 saturated heterocycles. The number of thiophene rings is 1. The van der Waals surface area contributed by atoms with Crippen LogP contribution in [-0.2, 0) is 0 Å². The number of halogens is 1. The van der Waals surface area contributed by atoms with Crippen molar-refractivity contribution in [1.29, 1.82) is 0 Å². The van der Waals surface area contributed by atoms with E-state index in [4.69, 9.17) is 0 Å². The Balaban J connectivity index is 2.93. The van der Waals surface area contributed by atoms with Crippen LogP contribution in [-0.4, -0.2) is 5.11 Å². The SMILES string of the molecule is Oc1ccc2sccc2c1Br. The Labute approximate surface area is 76.4 Å². The fraction of sp³-hybridized carbons (Fsp3) is 0. The normalized spacial score (nSPS) is 10.6. The van der Waals surface area contributed by atoms with Crippen LogP contribution < -0.4 is 0 Å². The van der Waals surface area contributed by atoms with Gasteiger partial charge < -0.3 is 5.11 Å². The number of rotatable bonds is 0. The molecule has 56 valence electrons. The number of benzene rings is 1. The number of hydrogen-bond acceptors (Lipinski definition) is 2. The van der Waals surface area contributed by atoms with Gasteiger partial charge in [0, 0.05) is 10.1 Å². The number of phenols is 1.